The lowest BCUT2D eigenvalue weighted by Crippen LogP contribution is -2.22. The predicted molar refractivity (Wildman–Crippen MR) is 62.3 cm³/mol. The van der Waals surface area contributed by atoms with Crippen LogP contribution < -0.4 is 5.73 Å². The minimum absolute atomic E-state index is 0.177. The number of nitrogens with one attached hydrogen (secondary N) is 1. The maximum absolute atomic E-state index is 10.9. The number of aromatic nitrogens is 2. The van der Waals surface area contributed by atoms with Crippen LogP contribution in [-0.4, -0.2) is 26.2 Å². The standard InChI is InChI=1S/C10H11N3O2S/c1-5(9(11)15)16-10-12-7-3-2-6(14)4-8(7)13-10/h2-5,14H,1H3,(H2,11,15)(H,12,13). The Kier molecular flexibility index (Phi) is 2.74. The lowest BCUT2D eigenvalue weighted by molar-refractivity contribution is -0.117. The molecule has 0 fully saturated rings. The lowest BCUT2D eigenvalue weighted by atomic mass is 10.3. The number of carbonyl (C=O) groups excluding carboxylic acids is 1. The summed E-state index contributed by atoms with van der Waals surface area (Å²) in [6.45, 7) is 1.72. The number of nitrogens with two attached hydrogens (primary N) is 1. The van der Waals surface area contributed by atoms with Gasteiger partial charge in [0.2, 0.25) is 5.91 Å². The quantitative estimate of drug-likeness (QED) is 0.700. The average Bonchev–Trinajstić information content (AvgIpc) is 2.58. The molecule has 84 valence electrons. The van der Waals surface area contributed by atoms with Gasteiger partial charge in [-0.2, -0.15) is 0 Å². The van der Waals surface area contributed by atoms with E-state index in [1.165, 1.54) is 11.8 Å². The first kappa shape index (κ1) is 10.8. The molecular weight excluding hydrogens is 226 g/mol. The molecule has 0 saturated carbocycles. The number of imidazole rings is 1. The number of amides is 1. The Morgan fingerprint density at radius 2 is 2.38 bits per heavy atom. The summed E-state index contributed by atoms with van der Waals surface area (Å²) in [5, 5.41) is 9.56. The Morgan fingerprint density at radius 3 is 3.06 bits per heavy atom. The number of hydrogen-bond acceptors (Lipinski definition) is 4. The zero-order valence-electron chi connectivity index (χ0n) is 8.60. The molecule has 0 aliphatic heterocycles. The third-order valence-electron chi connectivity index (χ3n) is 2.13. The number of fused-ring (bicyclic) bond motifs is 1. The third kappa shape index (κ3) is 2.11. The molecule has 0 aliphatic carbocycles. The highest BCUT2D eigenvalue weighted by atomic mass is 32.2. The topological polar surface area (TPSA) is 92.0 Å². The number of phenols is 1. The summed E-state index contributed by atoms with van der Waals surface area (Å²) in [5.41, 5.74) is 6.64. The number of hydrogen-bond donors (Lipinski definition) is 3. The molecule has 0 spiro atoms. The third-order valence-corrected chi connectivity index (χ3v) is 3.14. The molecule has 0 radical (unpaired) electrons. The molecule has 2 aromatic rings. The number of aromatic amines is 1. The molecule has 1 amide bonds. The summed E-state index contributed by atoms with van der Waals surface area (Å²) in [6, 6.07) is 4.86. The first-order valence-electron chi connectivity index (χ1n) is 4.71. The van der Waals surface area contributed by atoms with E-state index in [1.54, 1.807) is 25.1 Å². The van der Waals surface area contributed by atoms with Gasteiger partial charge in [-0.05, 0) is 19.1 Å². The second-order valence-electron chi connectivity index (χ2n) is 3.41. The van der Waals surface area contributed by atoms with Gasteiger partial charge in [0.15, 0.2) is 5.16 Å². The van der Waals surface area contributed by atoms with Crippen LogP contribution in [0.3, 0.4) is 0 Å². The van der Waals surface area contributed by atoms with E-state index in [-0.39, 0.29) is 16.9 Å². The van der Waals surface area contributed by atoms with Crippen molar-refractivity contribution in [2.45, 2.75) is 17.3 Å². The average molecular weight is 237 g/mol. The minimum Gasteiger partial charge on any atom is -0.508 e. The van der Waals surface area contributed by atoms with Crippen LogP contribution in [0.5, 0.6) is 5.75 Å². The second-order valence-corrected chi connectivity index (χ2v) is 4.74. The van der Waals surface area contributed by atoms with Crippen molar-refractivity contribution in [3.8, 4) is 5.75 Å². The van der Waals surface area contributed by atoms with Crippen molar-refractivity contribution in [2.75, 3.05) is 0 Å². The smallest absolute Gasteiger partial charge is 0.230 e. The molecule has 2 rings (SSSR count). The van der Waals surface area contributed by atoms with Crippen molar-refractivity contribution < 1.29 is 9.90 Å². The number of rotatable bonds is 3. The highest BCUT2D eigenvalue weighted by molar-refractivity contribution is 8.00. The molecule has 16 heavy (non-hydrogen) atoms. The van der Waals surface area contributed by atoms with Crippen molar-refractivity contribution in [1.29, 1.82) is 0 Å². The van der Waals surface area contributed by atoms with Crippen molar-refractivity contribution in [3.63, 3.8) is 0 Å². The number of primary amides is 1. The molecule has 5 nitrogen and oxygen atoms in total. The number of H-pyrrole nitrogens is 1. The maximum atomic E-state index is 10.9. The molecule has 1 aromatic carbocycles. The number of nitrogens with zero attached hydrogens (tertiary/aromatic N) is 1. The summed E-state index contributed by atoms with van der Waals surface area (Å²) in [6.07, 6.45) is 0. The maximum Gasteiger partial charge on any atom is 0.230 e. The second kappa shape index (κ2) is 4.05. The van der Waals surface area contributed by atoms with Gasteiger partial charge in [-0.1, -0.05) is 11.8 Å². The largest absolute Gasteiger partial charge is 0.508 e. The van der Waals surface area contributed by atoms with Gasteiger partial charge in [0.05, 0.1) is 16.3 Å². The highest BCUT2D eigenvalue weighted by Gasteiger charge is 2.13. The van der Waals surface area contributed by atoms with E-state index in [9.17, 15) is 9.90 Å². The van der Waals surface area contributed by atoms with E-state index in [2.05, 4.69) is 9.97 Å². The summed E-state index contributed by atoms with van der Waals surface area (Å²) < 4.78 is 0. The Labute approximate surface area is 96.1 Å². The monoisotopic (exact) mass is 237 g/mol. The molecule has 0 saturated heterocycles. The summed E-state index contributed by atoms with van der Waals surface area (Å²) in [7, 11) is 0. The van der Waals surface area contributed by atoms with Crippen LogP contribution in [0.15, 0.2) is 23.4 Å². The summed E-state index contributed by atoms with van der Waals surface area (Å²) in [5.74, 6) is -0.205. The van der Waals surface area contributed by atoms with Gasteiger partial charge in [0, 0.05) is 6.07 Å². The fraction of sp³-hybridized carbons (Fsp3) is 0.200. The number of carbonyl (C=O) groups is 1. The molecule has 1 heterocycles. The Morgan fingerprint density at radius 1 is 1.62 bits per heavy atom. The van der Waals surface area contributed by atoms with E-state index in [0.29, 0.717) is 5.16 Å². The SMILES string of the molecule is CC(Sc1nc2ccc(O)cc2[nH]1)C(N)=O. The molecule has 1 atom stereocenters. The first-order chi connectivity index (χ1) is 7.56. The normalized spacial score (nSPS) is 12.8. The van der Waals surface area contributed by atoms with Crippen LogP contribution in [-0.2, 0) is 4.79 Å². The fourth-order valence-corrected chi connectivity index (χ4v) is 2.03. The molecule has 1 unspecified atom stereocenters. The van der Waals surface area contributed by atoms with Crippen molar-refractivity contribution >= 4 is 28.7 Å². The first-order valence-corrected chi connectivity index (χ1v) is 5.59. The van der Waals surface area contributed by atoms with Gasteiger partial charge in [-0.25, -0.2) is 4.98 Å². The number of aromatic hydroxyl groups is 1. The summed E-state index contributed by atoms with van der Waals surface area (Å²) in [4.78, 5) is 18.2. The molecular formula is C10H11N3O2S. The van der Waals surface area contributed by atoms with Crippen molar-refractivity contribution in [2.24, 2.45) is 5.73 Å². The van der Waals surface area contributed by atoms with Gasteiger partial charge in [-0.3, -0.25) is 4.79 Å². The Bertz CT molecular complexity index is 538. The zero-order valence-corrected chi connectivity index (χ0v) is 9.41. The van der Waals surface area contributed by atoms with E-state index >= 15 is 0 Å². The van der Waals surface area contributed by atoms with E-state index in [1.807, 2.05) is 0 Å². The van der Waals surface area contributed by atoms with E-state index in [4.69, 9.17) is 5.73 Å². The number of phenolic OH excluding ortho intramolecular Hbond substituents is 1. The predicted octanol–water partition coefficient (Wildman–Crippen LogP) is 1.23. The van der Waals surface area contributed by atoms with Gasteiger partial charge in [-0.15, -0.1) is 0 Å². The van der Waals surface area contributed by atoms with Crippen molar-refractivity contribution in [1.82, 2.24) is 9.97 Å². The van der Waals surface area contributed by atoms with Crippen LogP contribution in [0.1, 0.15) is 6.92 Å². The van der Waals surface area contributed by atoms with Crippen LogP contribution in [0, 0.1) is 0 Å². The molecule has 6 heteroatoms. The van der Waals surface area contributed by atoms with Gasteiger partial charge in [0.1, 0.15) is 5.75 Å². The fourth-order valence-electron chi connectivity index (χ4n) is 1.26. The van der Waals surface area contributed by atoms with Gasteiger partial charge < -0.3 is 15.8 Å². The number of benzene rings is 1. The Hall–Kier alpha value is -1.69. The van der Waals surface area contributed by atoms with Crippen LogP contribution >= 0.6 is 11.8 Å². The van der Waals surface area contributed by atoms with E-state index in [0.717, 1.165) is 11.0 Å². The molecule has 4 N–H and O–H groups in total. The van der Waals surface area contributed by atoms with E-state index < -0.39 is 0 Å². The van der Waals surface area contributed by atoms with Crippen LogP contribution in [0.25, 0.3) is 11.0 Å². The minimum atomic E-state index is -0.381. The van der Waals surface area contributed by atoms with Gasteiger partial charge >= 0.3 is 0 Å². The van der Waals surface area contributed by atoms with Crippen LogP contribution in [0.2, 0.25) is 0 Å². The Balaban J connectivity index is 2.29. The molecule has 0 aliphatic rings. The molecule has 1 aromatic heterocycles. The van der Waals surface area contributed by atoms with Crippen LogP contribution in [0.4, 0.5) is 0 Å². The zero-order chi connectivity index (χ0) is 11.7. The number of thioether (sulfide) groups is 1. The van der Waals surface area contributed by atoms with Crippen molar-refractivity contribution in [3.05, 3.63) is 18.2 Å². The lowest BCUT2D eigenvalue weighted by Gasteiger charge is -2.02. The molecule has 0 bridgehead atoms. The highest BCUT2D eigenvalue weighted by Crippen LogP contribution is 2.24. The summed E-state index contributed by atoms with van der Waals surface area (Å²) >= 11 is 1.26. The van der Waals surface area contributed by atoms with Gasteiger partial charge in [0.25, 0.3) is 0 Å².